The van der Waals surface area contributed by atoms with Gasteiger partial charge in [0.1, 0.15) is 9.88 Å². The van der Waals surface area contributed by atoms with Crippen LogP contribution in [0, 0.1) is 0 Å². The van der Waals surface area contributed by atoms with E-state index in [4.69, 9.17) is 5.73 Å². The van der Waals surface area contributed by atoms with Gasteiger partial charge < -0.3 is 16.0 Å². The van der Waals surface area contributed by atoms with Crippen LogP contribution < -0.4 is 11.1 Å². The van der Waals surface area contributed by atoms with E-state index >= 15 is 0 Å². The molecule has 0 radical (unpaired) electrons. The van der Waals surface area contributed by atoms with E-state index in [0.29, 0.717) is 10.6 Å². The molecule has 2 rings (SSSR count). The first-order chi connectivity index (χ1) is 10.0. The molecule has 1 amide bonds. The molecule has 0 saturated carbocycles. The highest BCUT2D eigenvalue weighted by molar-refractivity contribution is 7.99. The van der Waals surface area contributed by atoms with Crippen LogP contribution in [-0.2, 0) is 6.54 Å². The molecule has 0 unspecified atom stereocenters. The van der Waals surface area contributed by atoms with E-state index in [1.54, 1.807) is 37.0 Å². The van der Waals surface area contributed by atoms with E-state index in [1.807, 2.05) is 23.2 Å². The van der Waals surface area contributed by atoms with E-state index in [0.717, 1.165) is 23.0 Å². The summed E-state index contributed by atoms with van der Waals surface area (Å²) in [6, 6.07) is 1.89. The average molecular weight is 325 g/mol. The van der Waals surface area contributed by atoms with E-state index in [1.165, 1.54) is 11.3 Å². The van der Waals surface area contributed by atoms with Crippen molar-refractivity contribution in [2.45, 2.75) is 11.4 Å². The lowest BCUT2D eigenvalue weighted by Gasteiger charge is -2.08. The number of carbonyl (C=O) groups is 1. The minimum absolute atomic E-state index is 0.0621. The summed E-state index contributed by atoms with van der Waals surface area (Å²) in [6.07, 6.45) is 5.63. The van der Waals surface area contributed by atoms with E-state index in [2.05, 4.69) is 10.4 Å². The SMILES string of the molecule is CSc1c(NCCn2cccn2)sc(C(=O)N(C)C)c1N. The monoisotopic (exact) mass is 325 g/mol. The zero-order chi connectivity index (χ0) is 15.4. The molecule has 0 aliphatic rings. The number of thiophene rings is 1. The van der Waals surface area contributed by atoms with Crippen LogP contribution in [0.3, 0.4) is 0 Å². The minimum atomic E-state index is -0.0621. The second kappa shape index (κ2) is 6.86. The molecule has 0 aromatic carbocycles. The van der Waals surface area contributed by atoms with Crippen LogP contribution in [0.4, 0.5) is 10.7 Å². The molecule has 0 fully saturated rings. The molecule has 0 spiro atoms. The lowest BCUT2D eigenvalue weighted by atomic mass is 10.3. The minimum Gasteiger partial charge on any atom is -0.396 e. The van der Waals surface area contributed by atoms with Gasteiger partial charge in [-0.3, -0.25) is 9.48 Å². The molecule has 0 bridgehead atoms. The van der Waals surface area contributed by atoms with Crippen LogP contribution in [0.1, 0.15) is 9.67 Å². The van der Waals surface area contributed by atoms with Crippen molar-refractivity contribution >= 4 is 39.7 Å². The first kappa shape index (κ1) is 15.7. The number of aromatic nitrogens is 2. The molecule has 114 valence electrons. The number of thioether (sulfide) groups is 1. The Kier molecular flexibility index (Phi) is 5.13. The number of carbonyl (C=O) groups excluding carboxylic acids is 1. The first-order valence-corrected chi connectivity index (χ1v) is 8.48. The standard InChI is InChI=1S/C13H19N5OS2/c1-17(2)13(19)11-9(14)10(20-3)12(21-11)15-6-8-18-7-4-5-16-18/h4-5,7,15H,6,8,14H2,1-3H3. The van der Waals surface area contributed by atoms with Crippen molar-refractivity contribution in [1.82, 2.24) is 14.7 Å². The highest BCUT2D eigenvalue weighted by Crippen LogP contribution is 2.41. The van der Waals surface area contributed by atoms with Crippen LogP contribution in [0.25, 0.3) is 0 Å². The number of amides is 1. The molecule has 2 aromatic heterocycles. The largest absolute Gasteiger partial charge is 0.396 e. The molecule has 8 heteroatoms. The summed E-state index contributed by atoms with van der Waals surface area (Å²) in [7, 11) is 3.45. The third kappa shape index (κ3) is 3.51. The summed E-state index contributed by atoms with van der Waals surface area (Å²) in [5.74, 6) is -0.0621. The number of hydrogen-bond donors (Lipinski definition) is 2. The van der Waals surface area contributed by atoms with Crippen molar-refractivity contribution in [3.05, 3.63) is 23.3 Å². The van der Waals surface area contributed by atoms with Crippen LogP contribution in [0.15, 0.2) is 23.4 Å². The number of hydrogen-bond acceptors (Lipinski definition) is 6. The van der Waals surface area contributed by atoms with Gasteiger partial charge >= 0.3 is 0 Å². The lowest BCUT2D eigenvalue weighted by molar-refractivity contribution is 0.0833. The summed E-state index contributed by atoms with van der Waals surface area (Å²) in [5, 5.41) is 8.44. The molecule has 0 atom stereocenters. The van der Waals surface area contributed by atoms with Gasteiger partial charge in [0.05, 0.1) is 17.1 Å². The maximum Gasteiger partial charge on any atom is 0.265 e. The molecule has 6 nitrogen and oxygen atoms in total. The smallest absolute Gasteiger partial charge is 0.265 e. The van der Waals surface area contributed by atoms with Crippen LogP contribution in [0.5, 0.6) is 0 Å². The Morgan fingerprint density at radius 1 is 1.57 bits per heavy atom. The van der Waals surface area contributed by atoms with Crippen LogP contribution in [0.2, 0.25) is 0 Å². The molecule has 0 aliphatic carbocycles. The number of nitrogens with one attached hydrogen (secondary N) is 1. The number of anilines is 2. The fourth-order valence-electron chi connectivity index (χ4n) is 1.83. The van der Waals surface area contributed by atoms with Crippen LogP contribution in [-0.4, -0.2) is 47.5 Å². The lowest BCUT2D eigenvalue weighted by Crippen LogP contribution is -2.21. The highest BCUT2D eigenvalue weighted by Gasteiger charge is 2.21. The second-order valence-corrected chi connectivity index (χ2v) is 6.44. The van der Waals surface area contributed by atoms with E-state index < -0.39 is 0 Å². The number of nitrogens with two attached hydrogens (primary N) is 1. The van der Waals surface area contributed by atoms with E-state index in [9.17, 15) is 4.79 Å². The average Bonchev–Trinajstić information content (AvgIpc) is 3.06. The van der Waals surface area contributed by atoms with Gasteiger partial charge in [-0.05, 0) is 12.3 Å². The number of nitrogen functional groups attached to an aromatic ring is 1. The third-order valence-electron chi connectivity index (χ3n) is 2.89. The maximum absolute atomic E-state index is 12.1. The molecule has 21 heavy (non-hydrogen) atoms. The molecule has 0 aliphatic heterocycles. The second-order valence-electron chi connectivity index (χ2n) is 4.60. The molecular formula is C13H19N5OS2. The first-order valence-electron chi connectivity index (χ1n) is 6.43. The Labute approximate surface area is 132 Å². The predicted octanol–water partition coefficient (Wildman–Crippen LogP) is 2.06. The topological polar surface area (TPSA) is 76.2 Å². The Hall–Kier alpha value is -1.67. The highest BCUT2D eigenvalue weighted by atomic mass is 32.2. The maximum atomic E-state index is 12.1. The van der Waals surface area contributed by atoms with Gasteiger partial charge in [-0.2, -0.15) is 5.10 Å². The van der Waals surface area contributed by atoms with Crippen LogP contribution >= 0.6 is 23.1 Å². The zero-order valence-electron chi connectivity index (χ0n) is 12.3. The Balaban J connectivity index is 2.11. The van der Waals surface area contributed by atoms with E-state index in [-0.39, 0.29) is 5.91 Å². The zero-order valence-corrected chi connectivity index (χ0v) is 13.9. The van der Waals surface area contributed by atoms with Gasteiger partial charge in [0.2, 0.25) is 0 Å². The Morgan fingerprint density at radius 3 is 2.90 bits per heavy atom. The molecule has 3 N–H and O–H groups in total. The van der Waals surface area contributed by atoms with Crippen molar-refractivity contribution in [2.24, 2.45) is 0 Å². The van der Waals surface area contributed by atoms with Gasteiger partial charge in [-0.25, -0.2) is 0 Å². The van der Waals surface area contributed by atoms with Gasteiger partial charge in [-0.1, -0.05) is 0 Å². The summed E-state index contributed by atoms with van der Waals surface area (Å²) >= 11 is 2.96. The van der Waals surface area contributed by atoms with Crippen molar-refractivity contribution in [3.63, 3.8) is 0 Å². The molecule has 0 saturated heterocycles. The Morgan fingerprint density at radius 2 is 2.33 bits per heavy atom. The van der Waals surface area contributed by atoms with Gasteiger partial charge in [-0.15, -0.1) is 23.1 Å². The van der Waals surface area contributed by atoms with Crippen molar-refractivity contribution in [1.29, 1.82) is 0 Å². The molecule has 2 aromatic rings. The molecular weight excluding hydrogens is 306 g/mol. The van der Waals surface area contributed by atoms with Gasteiger partial charge in [0.15, 0.2) is 0 Å². The van der Waals surface area contributed by atoms with Gasteiger partial charge in [0.25, 0.3) is 5.91 Å². The van der Waals surface area contributed by atoms with Crippen molar-refractivity contribution in [2.75, 3.05) is 37.9 Å². The summed E-state index contributed by atoms with van der Waals surface area (Å²) in [5.41, 5.74) is 6.67. The fourth-order valence-corrected chi connectivity index (χ4v) is 3.91. The third-order valence-corrected chi connectivity index (χ3v) is 5.00. The Bertz CT molecular complexity index is 606. The predicted molar refractivity (Wildman–Crippen MR) is 89.2 cm³/mol. The quantitative estimate of drug-likeness (QED) is 0.795. The normalized spacial score (nSPS) is 10.6. The van der Waals surface area contributed by atoms with Crippen molar-refractivity contribution in [3.8, 4) is 0 Å². The summed E-state index contributed by atoms with van der Waals surface area (Å²) in [6.45, 7) is 1.49. The number of rotatable bonds is 6. The summed E-state index contributed by atoms with van der Waals surface area (Å²) in [4.78, 5) is 15.2. The fraction of sp³-hybridized carbons (Fsp3) is 0.385. The summed E-state index contributed by atoms with van der Waals surface area (Å²) < 4.78 is 1.86. The van der Waals surface area contributed by atoms with Gasteiger partial charge in [0, 0.05) is 33.0 Å². The van der Waals surface area contributed by atoms with Crippen molar-refractivity contribution < 1.29 is 4.79 Å². The number of nitrogens with zero attached hydrogens (tertiary/aromatic N) is 3. The molecule has 2 heterocycles.